The van der Waals surface area contributed by atoms with E-state index in [0.29, 0.717) is 5.82 Å². The Balaban J connectivity index is 1.81. The van der Waals surface area contributed by atoms with E-state index in [9.17, 15) is 0 Å². The molecule has 0 aliphatic heterocycles. The molecule has 0 fully saturated rings. The first-order valence-electron chi connectivity index (χ1n) is 7.77. The van der Waals surface area contributed by atoms with Gasteiger partial charge >= 0.3 is 0 Å². The lowest BCUT2D eigenvalue weighted by Crippen LogP contribution is -2.05. The number of rotatable bonds is 2. The molecule has 0 radical (unpaired) electrons. The quantitative estimate of drug-likeness (QED) is 0.613. The van der Waals surface area contributed by atoms with E-state index < -0.39 is 0 Å². The van der Waals surface area contributed by atoms with Gasteiger partial charge in [0, 0.05) is 34.1 Å². The summed E-state index contributed by atoms with van der Waals surface area (Å²) in [5.74, 6) is 0.623. The number of fused-ring (bicyclic) bond motifs is 1. The van der Waals surface area contributed by atoms with Crippen molar-refractivity contribution in [1.29, 1.82) is 0 Å². The van der Waals surface area contributed by atoms with E-state index in [0.717, 1.165) is 39.3 Å². The van der Waals surface area contributed by atoms with Crippen LogP contribution in [0.2, 0.25) is 0 Å². The molecule has 0 saturated heterocycles. The Hall–Kier alpha value is -3.21. The molecule has 3 aromatic heterocycles. The van der Waals surface area contributed by atoms with Gasteiger partial charge in [0.1, 0.15) is 5.82 Å². The van der Waals surface area contributed by atoms with Crippen molar-refractivity contribution in [3.8, 4) is 22.4 Å². The molecule has 0 spiro atoms. The molecule has 5 nitrogen and oxygen atoms in total. The van der Waals surface area contributed by atoms with Crippen LogP contribution in [0.1, 0.15) is 11.3 Å². The maximum Gasteiger partial charge on any atom is 0.165 e. The molecule has 2 N–H and O–H groups in total. The zero-order chi connectivity index (χ0) is 16.7. The number of benzene rings is 1. The van der Waals surface area contributed by atoms with Gasteiger partial charge < -0.3 is 5.73 Å². The highest BCUT2D eigenvalue weighted by Crippen LogP contribution is 2.27. The first-order valence-corrected chi connectivity index (χ1v) is 7.77. The van der Waals surface area contributed by atoms with E-state index in [2.05, 4.69) is 15.1 Å². The predicted octanol–water partition coefficient (Wildman–Crippen LogP) is 3.66. The molecule has 5 heteroatoms. The summed E-state index contributed by atoms with van der Waals surface area (Å²) in [4.78, 5) is 9.22. The number of aryl methyl sites for hydroxylation is 1. The number of anilines is 1. The van der Waals surface area contributed by atoms with Crippen LogP contribution in [0.5, 0.6) is 0 Å². The molecule has 0 amide bonds. The molecule has 0 atom stereocenters. The lowest BCUT2D eigenvalue weighted by atomic mass is 10.1. The van der Waals surface area contributed by atoms with Crippen LogP contribution in [-0.4, -0.2) is 19.6 Å². The predicted molar refractivity (Wildman–Crippen MR) is 95.5 cm³/mol. The minimum absolute atomic E-state index is 0.623. The fourth-order valence-electron chi connectivity index (χ4n) is 2.75. The molecule has 0 aliphatic carbocycles. The lowest BCUT2D eigenvalue weighted by molar-refractivity contribution is 0.929. The minimum atomic E-state index is 0.623. The van der Waals surface area contributed by atoms with E-state index in [1.54, 1.807) is 10.7 Å². The molecule has 0 aliphatic rings. The van der Waals surface area contributed by atoms with Crippen LogP contribution in [0, 0.1) is 13.8 Å². The molecule has 118 valence electrons. The van der Waals surface area contributed by atoms with Gasteiger partial charge in [0.2, 0.25) is 0 Å². The summed E-state index contributed by atoms with van der Waals surface area (Å²) in [6.07, 6.45) is 3.64. The van der Waals surface area contributed by atoms with Gasteiger partial charge in [-0.3, -0.25) is 4.98 Å². The Bertz CT molecular complexity index is 1020. The second-order valence-corrected chi connectivity index (χ2v) is 5.80. The van der Waals surface area contributed by atoms with Crippen molar-refractivity contribution in [3.05, 3.63) is 66.1 Å². The van der Waals surface area contributed by atoms with Crippen LogP contribution in [-0.2, 0) is 0 Å². The third-order valence-electron chi connectivity index (χ3n) is 4.32. The van der Waals surface area contributed by atoms with Crippen LogP contribution < -0.4 is 5.73 Å². The van der Waals surface area contributed by atoms with Gasteiger partial charge in [-0.1, -0.05) is 36.4 Å². The Kier molecular flexibility index (Phi) is 3.27. The summed E-state index contributed by atoms with van der Waals surface area (Å²) >= 11 is 0. The summed E-state index contributed by atoms with van der Waals surface area (Å²) in [6, 6.07) is 14.2. The largest absolute Gasteiger partial charge is 0.383 e. The van der Waals surface area contributed by atoms with Gasteiger partial charge in [-0.2, -0.15) is 9.61 Å². The van der Waals surface area contributed by atoms with Crippen molar-refractivity contribution in [2.75, 3.05) is 5.73 Å². The van der Waals surface area contributed by atoms with Crippen LogP contribution in [0.25, 0.3) is 28.0 Å². The summed E-state index contributed by atoms with van der Waals surface area (Å²) in [5, 5.41) is 4.38. The topological polar surface area (TPSA) is 69.1 Å². The van der Waals surface area contributed by atoms with Crippen molar-refractivity contribution in [1.82, 2.24) is 19.6 Å². The number of nitrogens with two attached hydrogens (primary N) is 1. The molecule has 24 heavy (non-hydrogen) atoms. The molecule has 1 aromatic carbocycles. The maximum atomic E-state index is 6.16. The van der Waals surface area contributed by atoms with E-state index in [-0.39, 0.29) is 0 Å². The van der Waals surface area contributed by atoms with Gasteiger partial charge in [-0.15, -0.1) is 0 Å². The fourth-order valence-corrected chi connectivity index (χ4v) is 2.75. The molecule has 0 bridgehead atoms. The average molecular weight is 315 g/mol. The standard InChI is InChI=1S/C19H17N5/c1-12-13(2)23-19-16(11-22-24(19)18(12)20)15-8-9-17(21-10-15)14-6-4-3-5-7-14/h3-11H,20H2,1-2H3. The lowest BCUT2D eigenvalue weighted by Gasteiger charge is -2.07. The molecule has 3 heterocycles. The van der Waals surface area contributed by atoms with E-state index >= 15 is 0 Å². The molecule has 4 rings (SSSR count). The normalized spacial score (nSPS) is 11.1. The van der Waals surface area contributed by atoms with Crippen LogP contribution in [0.15, 0.2) is 54.9 Å². The minimum Gasteiger partial charge on any atom is -0.383 e. The summed E-state index contributed by atoms with van der Waals surface area (Å²) in [6.45, 7) is 3.91. The first-order chi connectivity index (χ1) is 11.6. The summed E-state index contributed by atoms with van der Waals surface area (Å²) in [5.41, 5.74) is 12.7. The maximum absolute atomic E-state index is 6.16. The van der Waals surface area contributed by atoms with Gasteiger partial charge in [0.05, 0.1) is 11.9 Å². The number of hydrogen-bond donors (Lipinski definition) is 1. The summed E-state index contributed by atoms with van der Waals surface area (Å²) in [7, 11) is 0. The highest BCUT2D eigenvalue weighted by molar-refractivity contribution is 5.78. The van der Waals surface area contributed by atoms with Gasteiger partial charge in [-0.05, 0) is 19.9 Å². The number of nitrogens with zero attached hydrogens (tertiary/aromatic N) is 4. The second-order valence-electron chi connectivity index (χ2n) is 5.80. The summed E-state index contributed by atoms with van der Waals surface area (Å²) < 4.78 is 1.68. The highest BCUT2D eigenvalue weighted by Gasteiger charge is 2.13. The number of hydrogen-bond acceptors (Lipinski definition) is 4. The Morgan fingerprint density at radius 2 is 1.71 bits per heavy atom. The molecular weight excluding hydrogens is 298 g/mol. The van der Waals surface area contributed by atoms with Crippen molar-refractivity contribution in [2.24, 2.45) is 0 Å². The smallest absolute Gasteiger partial charge is 0.165 e. The van der Waals surface area contributed by atoms with Crippen LogP contribution >= 0.6 is 0 Å². The number of pyridine rings is 1. The number of aromatic nitrogens is 4. The average Bonchev–Trinajstić information content (AvgIpc) is 3.04. The van der Waals surface area contributed by atoms with E-state index in [1.807, 2.05) is 62.5 Å². The second kappa shape index (κ2) is 5.45. The van der Waals surface area contributed by atoms with Crippen molar-refractivity contribution < 1.29 is 0 Å². The van der Waals surface area contributed by atoms with E-state index in [4.69, 9.17) is 5.73 Å². The van der Waals surface area contributed by atoms with Crippen molar-refractivity contribution in [3.63, 3.8) is 0 Å². The zero-order valence-electron chi connectivity index (χ0n) is 13.6. The van der Waals surface area contributed by atoms with E-state index in [1.165, 1.54) is 0 Å². The molecule has 0 saturated carbocycles. The zero-order valence-corrected chi connectivity index (χ0v) is 13.6. The highest BCUT2D eigenvalue weighted by atomic mass is 15.3. The van der Waals surface area contributed by atoms with Crippen LogP contribution in [0.3, 0.4) is 0 Å². The monoisotopic (exact) mass is 315 g/mol. The SMILES string of the molecule is Cc1nc2c(-c3ccc(-c4ccccc4)nc3)cnn2c(N)c1C. The number of nitrogen functional groups attached to an aromatic ring is 1. The Morgan fingerprint density at radius 3 is 2.42 bits per heavy atom. The first kappa shape index (κ1) is 14.4. The fraction of sp³-hybridized carbons (Fsp3) is 0.105. The Morgan fingerprint density at radius 1 is 0.917 bits per heavy atom. The van der Waals surface area contributed by atoms with Crippen molar-refractivity contribution >= 4 is 11.5 Å². The molecular formula is C19H17N5. The van der Waals surface area contributed by atoms with Gasteiger partial charge in [0.15, 0.2) is 5.65 Å². The van der Waals surface area contributed by atoms with Crippen LogP contribution in [0.4, 0.5) is 5.82 Å². The third-order valence-corrected chi connectivity index (χ3v) is 4.32. The van der Waals surface area contributed by atoms with Gasteiger partial charge in [0.25, 0.3) is 0 Å². The Labute approximate surface area is 139 Å². The molecule has 0 unspecified atom stereocenters. The van der Waals surface area contributed by atoms with Gasteiger partial charge in [-0.25, -0.2) is 4.98 Å². The molecule has 4 aromatic rings. The third kappa shape index (κ3) is 2.22. The van der Waals surface area contributed by atoms with Crippen molar-refractivity contribution in [2.45, 2.75) is 13.8 Å².